The predicted octanol–water partition coefficient (Wildman–Crippen LogP) is 4.54. The third kappa shape index (κ3) is 3.54. The number of rotatable bonds is 5. The number of aromatic nitrogens is 2. The fourth-order valence-electron chi connectivity index (χ4n) is 7.70. The van der Waals surface area contributed by atoms with Crippen LogP contribution in [-0.4, -0.2) is 64.4 Å². The number of H-pyrrole nitrogens is 2. The highest BCUT2D eigenvalue weighted by Crippen LogP contribution is 2.67. The summed E-state index contributed by atoms with van der Waals surface area (Å²) in [5, 5.41) is 11.7. The third-order valence-electron chi connectivity index (χ3n) is 9.66. The molecule has 1 saturated carbocycles. The van der Waals surface area contributed by atoms with E-state index in [1.165, 1.54) is 24.3 Å². The van der Waals surface area contributed by atoms with Gasteiger partial charge in [-0.3, -0.25) is 9.59 Å². The highest BCUT2D eigenvalue weighted by atomic mass is 19.2. The number of phenolic OH excluding ortho intramolecular Hbond substituents is 1. The second kappa shape index (κ2) is 9.37. The summed E-state index contributed by atoms with van der Waals surface area (Å²) < 4.78 is 65.8. The van der Waals surface area contributed by atoms with Crippen LogP contribution in [0.3, 0.4) is 0 Å². The molecule has 1 spiro atoms. The highest BCUT2D eigenvalue weighted by molar-refractivity contribution is 6.14. The van der Waals surface area contributed by atoms with Gasteiger partial charge in [-0.2, -0.15) is 8.78 Å². The van der Waals surface area contributed by atoms with Crippen molar-refractivity contribution in [1.82, 2.24) is 14.9 Å². The quantitative estimate of drug-likeness (QED) is 0.127. The summed E-state index contributed by atoms with van der Waals surface area (Å²) in [5.41, 5.74) is 3.91. The van der Waals surface area contributed by atoms with E-state index in [9.17, 15) is 37.1 Å². The van der Waals surface area contributed by atoms with Crippen LogP contribution < -0.4 is 14.4 Å². The summed E-state index contributed by atoms with van der Waals surface area (Å²) in [6, 6.07) is -0.00370. The molecule has 1 amide bonds. The van der Waals surface area contributed by atoms with E-state index in [4.69, 9.17) is 4.74 Å². The van der Waals surface area contributed by atoms with Gasteiger partial charge in [0.05, 0.1) is 29.6 Å². The molecule has 236 valence electrons. The average Bonchev–Trinajstić information content (AvgIpc) is 3.46. The summed E-state index contributed by atoms with van der Waals surface area (Å²) in [6.07, 6.45) is 5.91. The molecule has 3 N–H and O–H groups in total. The lowest BCUT2D eigenvalue weighted by Gasteiger charge is -2.28. The fourth-order valence-corrected chi connectivity index (χ4v) is 7.70. The van der Waals surface area contributed by atoms with E-state index < -0.39 is 46.9 Å². The molecular weight excluding hydrogens is 612 g/mol. The lowest BCUT2D eigenvalue weighted by molar-refractivity contribution is -0.133. The lowest BCUT2D eigenvalue weighted by atomic mass is 9.83. The van der Waals surface area contributed by atoms with E-state index in [0.29, 0.717) is 34.4 Å². The van der Waals surface area contributed by atoms with Crippen LogP contribution in [0, 0.1) is 36.1 Å². The average molecular weight is 637 g/mol. The van der Waals surface area contributed by atoms with Crippen molar-refractivity contribution >= 4 is 34.3 Å². The van der Waals surface area contributed by atoms with Crippen LogP contribution in [-0.2, 0) is 16.6 Å². The Morgan fingerprint density at radius 1 is 1.11 bits per heavy atom. The third-order valence-corrected chi connectivity index (χ3v) is 9.66. The number of hydrogen-bond donors (Lipinski definition) is 3. The molecular formula is C32H24F4N4O6. The maximum atomic E-state index is 14.3. The molecule has 8 rings (SSSR count). The number of carbonyl (C=O) groups excluding carboxylic acids is 3. The van der Waals surface area contributed by atoms with Crippen molar-refractivity contribution in [3.63, 3.8) is 0 Å². The summed E-state index contributed by atoms with van der Waals surface area (Å²) in [7, 11) is 1.31. The van der Waals surface area contributed by atoms with Crippen molar-refractivity contribution in [2.24, 2.45) is 5.92 Å². The van der Waals surface area contributed by atoms with Gasteiger partial charge in [0.1, 0.15) is 6.54 Å². The van der Waals surface area contributed by atoms with Gasteiger partial charge in [-0.25, -0.2) is 13.6 Å². The number of fused-ring (bicyclic) bond motifs is 4. The second-order valence-electron chi connectivity index (χ2n) is 12.0. The number of ether oxygens (including phenoxy) is 2. The van der Waals surface area contributed by atoms with Gasteiger partial charge < -0.3 is 34.3 Å². The Hall–Kier alpha value is -5.27. The summed E-state index contributed by atoms with van der Waals surface area (Å²) in [4.78, 5) is 49.2. The van der Waals surface area contributed by atoms with E-state index in [-0.39, 0.29) is 59.4 Å². The van der Waals surface area contributed by atoms with Crippen LogP contribution in [0.2, 0.25) is 0 Å². The molecule has 0 radical (unpaired) electrons. The first-order valence-corrected chi connectivity index (χ1v) is 14.5. The number of halogens is 4. The Bertz CT molecular complexity index is 2090. The number of ketones is 1. The molecule has 46 heavy (non-hydrogen) atoms. The number of methoxy groups -OCH3 is 1. The number of carbonyl (C=O) groups is 3. The Kier molecular flexibility index (Phi) is 5.75. The Labute approximate surface area is 257 Å². The molecule has 2 atom stereocenters. The minimum Gasteiger partial charge on any atom is -0.503 e. The number of aryl methyl sites for hydroxylation is 1. The fraction of sp³-hybridized carbons (Fsp3) is 0.281. The standard InChI is InChI=1S/C32H24F4N4O6/c1-12-8-37-25-18(41)6-19-32(22(12)25)7-13(32)10-40(19)31(44)15-9-38-26-21(15)14-3-4-39(27(14)28(43)30(26)45-2)11-20(42)46-29-23(35)16(33)5-17(34)24(29)36/h5-6,8-9,13,37-38,43H,3-4,7,10-11H2,1-2H3/t13-,32+/m1/s1. The van der Waals surface area contributed by atoms with Crippen LogP contribution in [0.5, 0.6) is 17.2 Å². The first kappa shape index (κ1) is 28.2. The molecule has 14 heteroatoms. The van der Waals surface area contributed by atoms with E-state index in [0.717, 1.165) is 17.5 Å². The molecule has 1 saturated heterocycles. The van der Waals surface area contributed by atoms with Crippen LogP contribution >= 0.6 is 0 Å². The molecule has 2 aliphatic carbocycles. The molecule has 2 fully saturated rings. The van der Waals surface area contributed by atoms with Gasteiger partial charge in [-0.15, -0.1) is 0 Å². The van der Waals surface area contributed by atoms with Gasteiger partial charge in [-0.05, 0) is 42.4 Å². The summed E-state index contributed by atoms with van der Waals surface area (Å²) in [5.74, 6) is -10.8. The number of aromatic amines is 2. The van der Waals surface area contributed by atoms with E-state index in [2.05, 4.69) is 14.7 Å². The molecule has 2 aliphatic heterocycles. The number of nitrogens with one attached hydrogen (secondary N) is 2. The Balaban J connectivity index is 1.15. The van der Waals surface area contributed by atoms with Gasteiger partial charge in [0, 0.05) is 54.1 Å². The maximum Gasteiger partial charge on any atom is 0.331 e. The van der Waals surface area contributed by atoms with Gasteiger partial charge in [0.15, 0.2) is 23.1 Å². The zero-order chi connectivity index (χ0) is 32.4. The number of likely N-dealkylation sites (tertiary alicyclic amines) is 1. The van der Waals surface area contributed by atoms with Gasteiger partial charge in [0.2, 0.25) is 23.2 Å². The number of allylic oxidation sites excluding steroid dienone is 2. The van der Waals surface area contributed by atoms with Crippen molar-refractivity contribution in [3.05, 3.63) is 81.4 Å². The zero-order valence-electron chi connectivity index (χ0n) is 24.3. The van der Waals surface area contributed by atoms with E-state index in [1.807, 2.05) is 6.92 Å². The smallest absolute Gasteiger partial charge is 0.331 e. The predicted molar refractivity (Wildman–Crippen MR) is 153 cm³/mol. The summed E-state index contributed by atoms with van der Waals surface area (Å²) >= 11 is 0. The number of esters is 1. The minimum atomic E-state index is -1.87. The second-order valence-corrected chi connectivity index (χ2v) is 12.0. The molecule has 4 aromatic rings. The SMILES string of the molecule is COc1c(O)c2c(c3c(C(=O)N4C[C@H]5C[C@@]56C4=CC(=O)c4[nH]cc(C)c46)c[nH]c13)CCN2CC(=O)Oc1c(F)c(F)cc(F)c1F. The van der Waals surface area contributed by atoms with Crippen LogP contribution in [0.4, 0.5) is 23.2 Å². The summed E-state index contributed by atoms with van der Waals surface area (Å²) in [6.45, 7) is 1.81. The van der Waals surface area contributed by atoms with Crippen molar-refractivity contribution in [1.29, 1.82) is 0 Å². The van der Waals surface area contributed by atoms with E-state index in [1.54, 1.807) is 11.1 Å². The monoisotopic (exact) mass is 636 g/mol. The number of amides is 1. The van der Waals surface area contributed by atoms with Gasteiger partial charge in [-0.1, -0.05) is 0 Å². The molecule has 0 unspecified atom stereocenters. The van der Waals surface area contributed by atoms with Gasteiger partial charge in [0.25, 0.3) is 5.91 Å². The molecule has 0 bridgehead atoms. The van der Waals surface area contributed by atoms with Crippen LogP contribution in [0.1, 0.15) is 44.0 Å². The maximum absolute atomic E-state index is 14.3. The molecule has 10 nitrogen and oxygen atoms in total. The number of phenols is 1. The van der Waals surface area contributed by atoms with Crippen molar-refractivity contribution in [2.75, 3.05) is 31.6 Å². The highest BCUT2D eigenvalue weighted by Gasteiger charge is 2.68. The normalized spacial score (nSPS) is 20.8. The topological polar surface area (TPSA) is 128 Å². The number of hydrogen-bond acceptors (Lipinski definition) is 7. The Morgan fingerprint density at radius 2 is 1.85 bits per heavy atom. The number of aromatic hydroxyl groups is 1. The van der Waals surface area contributed by atoms with Crippen molar-refractivity contribution in [3.8, 4) is 17.2 Å². The zero-order valence-corrected chi connectivity index (χ0v) is 24.3. The molecule has 2 aromatic heterocycles. The lowest BCUT2D eigenvalue weighted by Crippen LogP contribution is -2.33. The minimum absolute atomic E-state index is 0.00370. The first-order valence-electron chi connectivity index (χ1n) is 14.5. The molecule has 2 aromatic carbocycles. The number of anilines is 1. The largest absolute Gasteiger partial charge is 0.503 e. The number of benzene rings is 2. The van der Waals surface area contributed by atoms with Crippen molar-refractivity contribution < 1.29 is 46.5 Å². The van der Waals surface area contributed by atoms with Crippen LogP contribution in [0.15, 0.2) is 30.2 Å². The van der Waals surface area contributed by atoms with Crippen LogP contribution in [0.25, 0.3) is 10.9 Å². The first-order chi connectivity index (χ1) is 22.0. The molecule has 4 aliphatic rings. The van der Waals surface area contributed by atoms with Gasteiger partial charge >= 0.3 is 5.97 Å². The van der Waals surface area contributed by atoms with Crippen molar-refractivity contribution in [2.45, 2.75) is 25.2 Å². The Morgan fingerprint density at radius 3 is 2.57 bits per heavy atom. The number of nitrogens with zero attached hydrogens (tertiary/aromatic N) is 2. The van der Waals surface area contributed by atoms with E-state index >= 15 is 0 Å². The molecule has 4 heterocycles. The number of piperidine rings is 1.